The van der Waals surface area contributed by atoms with Crippen LogP contribution in [0.1, 0.15) is 30.3 Å². The summed E-state index contributed by atoms with van der Waals surface area (Å²) in [6, 6.07) is 13.3. The van der Waals surface area contributed by atoms with Crippen molar-refractivity contribution >= 4 is 16.6 Å². The fourth-order valence-electron chi connectivity index (χ4n) is 5.88. The number of hydrogen-bond donors (Lipinski definition) is 1. The number of methoxy groups -OCH3 is 1. The van der Waals surface area contributed by atoms with Crippen LogP contribution in [0.5, 0.6) is 17.2 Å². The van der Waals surface area contributed by atoms with E-state index in [4.69, 9.17) is 18.9 Å². The fourth-order valence-corrected chi connectivity index (χ4v) is 5.88. The van der Waals surface area contributed by atoms with Gasteiger partial charge in [-0.1, -0.05) is 6.07 Å². The Kier molecular flexibility index (Phi) is 6.48. The van der Waals surface area contributed by atoms with Crippen LogP contribution in [0.2, 0.25) is 0 Å². The van der Waals surface area contributed by atoms with Gasteiger partial charge in [0.2, 0.25) is 6.79 Å². The van der Waals surface area contributed by atoms with Crippen molar-refractivity contribution in [3.63, 3.8) is 0 Å². The van der Waals surface area contributed by atoms with Crippen molar-refractivity contribution in [3.05, 3.63) is 64.2 Å². The van der Waals surface area contributed by atoms with Crippen LogP contribution < -0.4 is 24.7 Å². The number of nitrogens with zero attached hydrogens (tertiary/aromatic N) is 6. The molecule has 0 spiro atoms. The number of rotatable bonds is 7. The number of benzene rings is 2. The number of aromatic amines is 1. The van der Waals surface area contributed by atoms with E-state index in [1.807, 2.05) is 36.4 Å². The third kappa shape index (κ3) is 4.62. The Bertz CT molecular complexity index is 1570. The Balaban J connectivity index is 1.25. The van der Waals surface area contributed by atoms with Crippen molar-refractivity contribution in [3.8, 4) is 17.2 Å². The van der Waals surface area contributed by atoms with E-state index in [1.165, 1.54) is 0 Å². The minimum Gasteiger partial charge on any atom is -0.497 e. The lowest BCUT2D eigenvalue weighted by atomic mass is 10.0. The number of hydrogen-bond acceptors (Lipinski definition) is 10. The lowest BCUT2D eigenvalue weighted by molar-refractivity contribution is 0.0906. The van der Waals surface area contributed by atoms with Gasteiger partial charge in [-0.15, -0.1) is 5.10 Å². The van der Waals surface area contributed by atoms with E-state index in [1.54, 1.807) is 11.8 Å². The molecule has 4 aromatic rings. The van der Waals surface area contributed by atoms with E-state index in [0.717, 1.165) is 49.4 Å². The third-order valence-electron chi connectivity index (χ3n) is 7.96. The van der Waals surface area contributed by atoms with Crippen LogP contribution in [-0.4, -0.2) is 82.9 Å². The normalized spacial score (nSPS) is 19.8. The molecule has 0 saturated carbocycles. The summed E-state index contributed by atoms with van der Waals surface area (Å²) in [5.41, 5.74) is 2.21. The zero-order chi connectivity index (χ0) is 27.1. The fraction of sp³-hybridized carbons (Fsp3) is 0.429. The minimum absolute atomic E-state index is 0.0578. The predicted octanol–water partition coefficient (Wildman–Crippen LogP) is 2.34. The molecule has 12 nitrogen and oxygen atoms in total. The molecule has 7 rings (SSSR count). The van der Waals surface area contributed by atoms with Crippen LogP contribution in [0, 0.1) is 0 Å². The van der Waals surface area contributed by atoms with Gasteiger partial charge in [0.1, 0.15) is 11.8 Å². The Morgan fingerprint density at radius 1 is 1.10 bits per heavy atom. The Morgan fingerprint density at radius 2 is 1.95 bits per heavy atom. The summed E-state index contributed by atoms with van der Waals surface area (Å²) in [4.78, 5) is 21.3. The molecule has 12 heteroatoms. The average Bonchev–Trinajstić information content (AvgIpc) is 3.76. The molecule has 3 aliphatic heterocycles. The van der Waals surface area contributed by atoms with Gasteiger partial charge in [-0.2, -0.15) is 0 Å². The molecule has 2 atom stereocenters. The summed E-state index contributed by atoms with van der Waals surface area (Å²) >= 11 is 0. The summed E-state index contributed by atoms with van der Waals surface area (Å²) in [5, 5.41) is 13.7. The van der Waals surface area contributed by atoms with Crippen molar-refractivity contribution < 1.29 is 18.9 Å². The second-order valence-electron chi connectivity index (χ2n) is 10.3. The van der Waals surface area contributed by atoms with Crippen LogP contribution >= 0.6 is 0 Å². The standard InChI is InChI=1S/C28H31N7O5/c1-37-20-5-2-4-19(14-20)33-7-9-34(10-8-33)26(27-30-31-32-35(27)16-21-6-3-11-38-21)22-12-18-13-24-25(40-17-39-24)15-23(18)29-28(22)36/h2,4-5,12-15,21,26H,3,6-11,16-17H2,1H3,(H,29,36)/t21-,26+/m0/s1. The molecule has 1 N–H and O–H groups in total. The summed E-state index contributed by atoms with van der Waals surface area (Å²) in [7, 11) is 1.68. The van der Waals surface area contributed by atoms with Crippen LogP contribution in [0.25, 0.3) is 10.9 Å². The molecule has 0 radical (unpaired) electrons. The van der Waals surface area contributed by atoms with E-state index in [2.05, 4.69) is 36.4 Å². The first-order chi connectivity index (χ1) is 19.7. The number of piperazine rings is 1. The molecular formula is C28H31N7O5. The van der Waals surface area contributed by atoms with Crippen molar-refractivity contribution in [1.82, 2.24) is 30.1 Å². The summed E-state index contributed by atoms with van der Waals surface area (Å²) in [6.07, 6.45) is 2.05. The molecule has 0 unspecified atom stereocenters. The number of H-pyrrole nitrogens is 1. The van der Waals surface area contributed by atoms with Crippen LogP contribution in [0.15, 0.2) is 47.3 Å². The van der Waals surface area contributed by atoms with E-state index < -0.39 is 6.04 Å². The third-order valence-corrected chi connectivity index (χ3v) is 7.96. The van der Waals surface area contributed by atoms with E-state index in [-0.39, 0.29) is 18.5 Å². The number of aromatic nitrogens is 5. The number of fused-ring (bicyclic) bond motifs is 2. The quantitative estimate of drug-likeness (QED) is 0.371. The largest absolute Gasteiger partial charge is 0.497 e. The van der Waals surface area contributed by atoms with Crippen molar-refractivity contribution in [2.45, 2.75) is 31.5 Å². The van der Waals surface area contributed by atoms with Gasteiger partial charge >= 0.3 is 0 Å². The van der Waals surface area contributed by atoms with Gasteiger partial charge in [0.05, 0.1) is 25.3 Å². The molecule has 208 valence electrons. The molecule has 2 aromatic carbocycles. The highest BCUT2D eigenvalue weighted by Crippen LogP contribution is 2.36. The molecule has 2 aromatic heterocycles. The maximum atomic E-state index is 13.6. The molecule has 40 heavy (non-hydrogen) atoms. The number of anilines is 1. The average molecular weight is 546 g/mol. The first kappa shape index (κ1) is 24.9. The maximum Gasteiger partial charge on any atom is 0.253 e. The van der Waals surface area contributed by atoms with Gasteiger partial charge in [0.25, 0.3) is 5.56 Å². The van der Waals surface area contributed by atoms with Gasteiger partial charge < -0.3 is 28.8 Å². The number of nitrogens with one attached hydrogen (secondary N) is 1. The maximum absolute atomic E-state index is 13.6. The molecule has 5 heterocycles. The first-order valence-electron chi connectivity index (χ1n) is 13.6. The molecular weight excluding hydrogens is 514 g/mol. The van der Waals surface area contributed by atoms with Crippen LogP contribution in [0.3, 0.4) is 0 Å². The molecule has 0 bridgehead atoms. The number of pyridine rings is 1. The van der Waals surface area contributed by atoms with Crippen LogP contribution in [0.4, 0.5) is 5.69 Å². The lowest BCUT2D eigenvalue weighted by Crippen LogP contribution is -2.49. The summed E-state index contributed by atoms with van der Waals surface area (Å²) in [6.45, 7) is 4.45. The van der Waals surface area contributed by atoms with Crippen LogP contribution in [-0.2, 0) is 11.3 Å². The SMILES string of the molecule is COc1cccc(N2CCN([C@H](c3cc4cc5c(cc4[nH]c3=O)OCO5)c3nnnn3C[C@@H]3CCCO3)CC2)c1. The second-order valence-corrected chi connectivity index (χ2v) is 10.3. The molecule has 2 fully saturated rings. The van der Waals surface area contributed by atoms with E-state index >= 15 is 0 Å². The van der Waals surface area contributed by atoms with Gasteiger partial charge in [0.15, 0.2) is 17.3 Å². The van der Waals surface area contributed by atoms with Gasteiger partial charge in [-0.3, -0.25) is 9.69 Å². The first-order valence-corrected chi connectivity index (χ1v) is 13.6. The van der Waals surface area contributed by atoms with Crippen molar-refractivity contribution in [1.29, 1.82) is 0 Å². The zero-order valence-corrected chi connectivity index (χ0v) is 22.3. The second kappa shape index (κ2) is 10.4. The number of ether oxygens (including phenoxy) is 4. The molecule has 0 aliphatic carbocycles. The smallest absolute Gasteiger partial charge is 0.253 e. The van der Waals surface area contributed by atoms with E-state index in [0.29, 0.717) is 48.0 Å². The van der Waals surface area contributed by atoms with Crippen molar-refractivity contribution in [2.75, 3.05) is 51.6 Å². The number of tetrazole rings is 1. The lowest BCUT2D eigenvalue weighted by Gasteiger charge is -2.39. The molecule has 3 aliphatic rings. The zero-order valence-electron chi connectivity index (χ0n) is 22.3. The monoisotopic (exact) mass is 545 g/mol. The predicted molar refractivity (Wildman–Crippen MR) is 146 cm³/mol. The van der Waals surface area contributed by atoms with Gasteiger partial charge in [0, 0.05) is 61.6 Å². The van der Waals surface area contributed by atoms with Crippen molar-refractivity contribution in [2.24, 2.45) is 0 Å². The highest BCUT2D eigenvalue weighted by atomic mass is 16.7. The minimum atomic E-state index is -0.442. The Labute approximate surface area is 230 Å². The Morgan fingerprint density at radius 3 is 2.75 bits per heavy atom. The topological polar surface area (TPSA) is 120 Å². The highest BCUT2D eigenvalue weighted by Gasteiger charge is 2.34. The van der Waals surface area contributed by atoms with E-state index in [9.17, 15) is 4.79 Å². The summed E-state index contributed by atoms with van der Waals surface area (Å²) < 4.78 is 24.2. The molecule has 0 amide bonds. The highest BCUT2D eigenvalue weighted by molar-refractivity contribution is 5.83. The summed E-state index contributed by atoms with van der Waals surface area (Å²) in [5.74, 6) is 2.75. The molecule has 2 saturated heterocycles. The van der Waals surface area contributed by atoms with Gasteiger partial charge in [-0.25, -0.2) is 4.68 Å². The Hall–Kier alpha value is -4.16. The van der Waals surface area contributed by atoms with Gasteiger partial charge in [-0.05, 0) is 47.5 Å².